The fourth-order valence-electron chi connectivity index (χ4n) is 2.16. The van der Waals surface area contributed by atoms with Crippen LogP contribution in [0.5, 0.6) is 0 Å². The van der Waals surface area contributed by atoms with E-state index >= 15 is 0 Å². The predicted molar refractivity (Wildman–Crippen MR) is 71.2 cm³/mol. The topological polar surface area (TPSA) is 20.2 Å². The van der Waals surface area contributed by atoms with Crippen molar-refractivity contribution in [3.63, 3.8) is 0 Å². The van der Waals surface area contributed by atoms with Gasteiger partial charge in [0.25, 0.3) is 0 Å². The lowest BCUT2D eigenvalue weighted by atomic mass is 9.93. The van der Waals surface area contributed by atoms with Gasteiger partial charge in [-0.2, -0.15) is 11.8 Å². The van der Waals surface area contributed by atoms with E-state index in [1.54, 1.807) is 6.07 Å². The van der Waals surface area contributed by atoms with Gasteiger partial charge in [-0.15, -0.1) is 0 Å². The molecular weight excluding hydrogens is 259 g/mol. The molecule has 1 aliphatic heterocycles. The highest BCUT2D eigenvalue weighted by atomic mass is 35.5. The van der Waals surface area contributed by atoms with Gasteiger partial charge in [-0.1, -0.05) is 11.6 Å². The molecule has 1 nitrogen and oxygen atoms in total. The van der Waals surface area contributed by atoms with E-state index in [0.717, 1.165) is 18.6 Å². The van der Waals surface area contributed by atoms with E-state index in [2.05, 4.69) is 0 Å². The van der Waals surface area contributed by atoms with Crippen LogP contribution < -0.4 is 0 Å². The molecule has 1 saturated heterocycles. The number of aliphatic hydroxyl groups excluding tert-OH is 1. The Kier molecular flexibility index (Phi) is 4.71. The van der Waals surface area contributed by atoms with Crippen LogP contribution in [-0.2, 0) is 6.42 Å². The molecule has 2 rings (SSSR count). The molecule has 1 fully saturated rings. The summed E-state index contributed by atoms with van der Waals surface area (Å²) in [6.07, 6.45) is 2.24. The third-order valence-corrected chi connectivity index (χ3v) is 4.79. The zero-order valence-corrected chi connectivity index (χ0v) is 11.1. The highest BCUT2D eigenvalue weighted by molar-refractivity contribution is 7.99. The Hall–Kier alpha value is -0.250. The van der Waals surface area contributed by atoms with Crippen molar-refractivity contribution in [3.8, 4) is 0 Å². The van der Waals surface area contributed by atoms with Gasteiger partial charge in [0.15, 0.2) is 0 Å². The molecule has 1 aromatic carbocycles. The van der Waals surface area contributed by atoms with Crippen molar-refractivity contribution in [1.29, 1.82) is 0 Å². The van der Waals surface area contributed by atoms with Crippen molar-refractivity contribution >= 4 is 23.4 Å². The molecule has 1 N–H and O–H groups in total. The fraction of sp³-hybridized carbons (Fsp3) is 0.538. The van der Waals surface area contributed by atoms with Crippen LogP contribution in [0.4, 0.5) is 4.39 Å². The van der Waals surface area contributed by atoms with E-state index in [9.17, 15) is 9.50 Å². The number of hydrogen-bond acceptors (Lipinski definition) is 2. The Bertz CT molecular complexity index is 380. The lowest BCUT2D eigenvalue weighted by molar-refractivity contribution is 0.112. The molecule has 1 heterocycles. The van der Waals surface area contributed by atoms with Crippen LogP contribution >= 0.6 is 23.4 Å². The lowest BCUT2D eigenvalue weighted by Gasteiger charge is -2.26. The molecular formula is C13H16ClFOS. The molecule has 94 valence electrons. The second-order valence-corrected chi connectivity index (χ2v) is 6.04. The molecule has 0 aliphatic carbocycles. The van der Waals surface area contributed by atoms with Crippen LogP contribution in [0.15, 0.2) is 18.2 Å². The maximum absolute atomic E-state index is 13.1. The lowest BCUT2D eigenvalue weighted by Crippen LogP contribution is -2.27. The number of benzene rings is 1. The molecule has 0 bridgehead atoms. The number of aliphatic hydroxyl groups is 1. The molecule has 2 atom stereocenters. The molecule has 0 amide bonds. The fourth-order valence-corrected chi connectivity index (χ4v) is 3.58. The highest BCUT2D eigenvalue weighted by Gasteiger charge is 2.23. The van der Waals surface area contributed by atoms with Gasteiger partial charge in [0.2, 0.25) is 0 Å². The predicted octanol–water partition coefficient (Wildman–Crippen LogP) is 3.53. The van der Waals surface area contributed by atoms with Crippen LogP contribution in [0, 0.1) is 11.7 Å². The third-order valence-electron chi connectivity index (χ3n) is 3.18. The minimum atomic E-state index is -0.415. The average molecular weight is 275 g/mol. The second kappa shape index (κ2) is 6.07. The molecule has 0 radical (unpaired) electrons. The largest absolute Gasteiger partial charge is 0.392 e. The summed E-state index contributed by atoms with van der Waals surface area (Å²) in [6.45, 7) is 0. The molecule has 2 unspecified atom stereocenters. The number of hydrogen-bond donors (Lipinski definition) is 1. The van der Waals surface area contributed by atoms with Gasteiger partial charge in [0.05, 0.1) is 6.10 Å². The highest BCUT2D eigenvalue weighted by Crippen LogP contribution is 2.28. The van der Waals surface area contributed by atoms with Crippen molar-refractivity contribution in [2.24, 2.45) is 5.92 Å². The van der Waals surface area contributed by atoms with Gasteiger partial charge in [-0.05, 0) is 54.0 Å². The molecule has 17 heavy (non-hydrogen) atoms. The summed E-state index contributed by atoms with van der Waals surface area (Å²) in [6, 6.07) is 4.31. The number of halogens is 2. The minimum absolute atomic E-state index is 0.297. The molecule has 1 aliphatic rings. The van der Waals surface area contributed by atoms with Gasteiger partial charge in [-0.25, -0.2) is 4.39 Å². The monoisotopic (exact) mass is 274 g/mol. The Labute approximate surface area is 110 Å². The van der Waals surface area contributed by atoms with Crippen molar-refractivity contribution in [3.05, 3.63) is 34.6 Å². The summed E-state index contributed by atoms with van der Waals surface area (Å²) in [5.74, 6) is 2.20. The normalized spacial score (nSPS) is 22.4. The summed E-state index contributed by atoms with van der Waals surface area (Å²) in [5.41, 5.74) is 0.703. The zero-order valence-electron chi connectivity index (χ0n) is 9.53. The van der Waals surface area contributed by atoms with Gasteiger partial charge in [-0.3, -0.25) is 0 Å². The summed E-state index contributed by atoms with van der Waals surface area (Å²) in [7, 11) is 0. The average Bonchev–Trinajstić information content (AvgIpc) is 2.35. The first-order chi connectivity index (χ1) is 8.16. The Balaban J connectivity index is 2.01. The van der Waals surface area contributed by atoms with E-state index in [0.29, 0.717) is 22.9 Å². The Morgan fingerprint density at radius 3 is 3.06 bits per heavy atom. The van der Waals surface area contributed by atoms with Crippen molar-refractivity contribution in [1.82, 2.24) is 0 Å². The van der Waals surface area contributed by atoms with E-state index in [4.69, 9.17) is 11.6 Å². The Morgan fingerprint density at radius 2 is 2.35 bits per heavy atom. The standard InChI is InChI=1S/C13H16ClFOS/c14-12-4-3-11(15)6-10(12)7-13(16)9-2-1-5-17-8-9/h3-4,6,9,13,16H,1-2,5,7-8H2. The van der Waals surface area contributed by atoms with Gasteiger partial charge in [0.1, 0.15) is 5.82 Å². The summed E-state index contributed by atoms with van der Waals surface area (Å²) >= 11 is 7.88. The molecule has 0 spiro atoms. The van der Waals surface area contributed by atoms with Crippen molar-refractivity contribution < 1.29 is 9.50 Å². The van der Waals surface area contributed by atoms with E-state index < -0.39 is 6.10 Å². The van der Waals surface area contributed by atoms with E-state index in [-0.39, 0.29) is 5.82 Å². The van der Waals surface area contributed by atoms with Gasteiger partial charge >= 0.3 is 0 Å². The first kappa shape index (κ1) is 13.2. The smallest absolute Gasteiger partial charge is 0.123 e. The summed E-state index contributed by atoms with van der Waals surface area (Å²) < 4.78 is 13.1. The summed E-state index contributed by atoms with van der Waals surface area (Å²) in [5, 5.41) is 10.7. The maximum Gasteiger partial charge on any atom is 0.123 e. The molecule has 0 saturated carbocycles. The minimum Gasteiger partial charge on any atom is -0.392 e. The molecule has 0 aromatic heterocycles. The first-order valence-electron chi connectivity index (χ1n) is 5.86. The third kappa shape index (κ3) is 3.60. The van der Waals surface area contributed by atoms with E-state index in [1.807, 2.05) is 11.8 Å². The SMILES string of the molecule is OC(Cc1cc(F)ccc1Cl)C1CCCSC1. The van der Waals surface area contributed by atoms with Crippen LogP contribution in [-0.4, -0.2) is 22.7 Å². The van der Waals surface area contributed by atoms with E-state index in [1.165, 1.54) is 17.9 Å². The van der Waals surface area contributed by atoms with Crippen molar-refractivity contribution in [2.45, 2.75) is 25.4 Å². The van der Waals surface area contributed by atoms with Gasteiger partial charge < -0.3 is 5.11 Å². The first-order valence-corrected chi connectivity index (χ1v) is 7.40. The van der Waals surface area contributed by atoms with Crippen LogP contribution in [0.2, 0.25) is 5.02 Å². The molecule has 4 heteroatoms. The Morgan fingerprint density at radius 1 is 1.53 bits per heavy atom. The van der Waals surface area contributed by atoms with Crippen LogP contribution in [0.3, 0.4) is 0 Å². The molecule has 1 aromatic rings. The number of rotatable bonds is 3. The number of thioether (sulfide) groups is 1. The summed E-state index contributed by atoms with van der Waals surface area (Å²) in [4.78, 5) is 0. The van der Waals surface area contributed by atoms with Crippen molar-refractivity contribution in [2.75, 3.05) is 11.5 Å². The quantitative estimate of drug-likeness (QED) is 0.910. The zero-order chi connectivity index (χ0) is 12.3. The maximum atomic E-state index is 13.1. The second-order valence-electron chi connectivity index (χ2n) is 4.48. The van der Waals surface area contributed by atoms with Gasteiger partial charge in [0, 0.05) is 11.4 Å². The van der Waals surface area contributed by atoms with Crippen LogP contribution in [0.25, 0.3) is 0 Å². The van der Waals surface area contributed by atoms with Crippen LogP contribution in [0.1, 0.15) is 18.4 Å².